The van der Waals surface area contributed by atoms with Crippen LogP contribution in [0, 0.1) is 10.1 Å². The second kappa shape index (κ2) is 7.45. The average molecular weight is 341 g/mol. The Hall–Kier alpha value is -2.09. The van der Waals surface area contributed by atoms with Crippen molar-refractivity contribution in [3.63, 3.8) is 0 Å². The molecular formula is C13H16N3O6P. The zero-order chi connectivity index (χ0) is 16.9. The van der Waals surface area contributed by atoms with Crippen molar-refractivity contribution in [1.82, 2.24) is 10.1 Å². The van der Waals surface area contributed by atoms with E-state index in [0.717, 1.165) is 0 Å². The summed E-state index contributed by atoms with van der Waals surface area (Å²) in [6, 6.07) is 5.71. The van der Waals surface area contributed by atoms with E-state index in [-0.39, 0.29) is 36.8 Å². The van der Waals surface area contributed by atoms with E-state index in [1.165, 1.54) is 24.3 Å². The predicted molar refractivity (Wildman–Crippen MR) is 81.0 cm³/mol. The van der Waals surface area contributed by atoms with Crippen LogP contribution >= 0.6 is 7.60 Å². The third-order valence-electron chi connectivity index (χ3n) is 2.78. The number of nitro groups is 1. The predicted octanol–water partition coefficient (Wildman–Crippen LogP) is 3.41. The molecular weight excluding hydrogens is 325 g/mol. The molecule has 0 N–H and O–H groups in total. The Morgan fingerprint density at radius 2 is 1.83 bits per heavy atom. The minimum absolute atomic E-state index is 0.0327. The van der Waals surface area contributed by atoms with Gasteiger partial charge < -0.3 is 13.6 Å². The van der Waals surface area contributed by atoms with Crippen molar-refractivity contribution in [3.8, 4) is 11.4 Å². The second-order valence-corrected chi connectivity index (χ2v) is 6.47. The van der Waals surface area contributed by atoms with Crippen molar-refractivity contribution in [2.45, 2.75) is 20.0 Å². The first-order valence-electron chi connectivity index (χ1n) is 6.93. The van der Waals surface area contributed by atoms with Crippen LogP contribution in [0.5, 0.6) is 0 Å². The zero-order valence-electron chi connectivity index (χ0n) is 12.7. The number of aromatic nitrogens is 2. The van der Waals surface area contributed by atoms with E-state index in [4.69, 9.17) is 13.6 Å². The highest BCUT2D eigenvalue weighted by atomic mass is 31.2. The molecule has 0 unspecified atom stereocenters. The van der Waals surface area contributed by atoms with Gasteiger partial charge in [-0.15, -0.1) is 0 Å². The summed E-state index contributed by atoms with van der Waals surface area (Å²) >= 11 is 0. The molecule has 0 bridgehead atoms. The molecule has 9 nitrogen and oxygen atoms in total. The summed E-state index contributed by atoms with van der Waals surface area (Å²) in [5.41, 5.74) is 0.517. The van der Waals surface area contributed by atoms with E-state index in [2.05, 4.69) is 10.1 Å². The third kappa shape index (κ3) is 4.44. The van der Waals surface area contributed by atoms with E-state index in [1.807, 2.05) is 0 Å². The van der Waals surface area contributed by atoms with Crippen molar-refractivity contribution >= 4 is 13.3 Å². The van der Waals surface area contributed by atoms with Crippen molar-refractivity contribution < 1.29 is 23.1 Å². The number of nitro benzene ring substituents is 1. The molecule has 1 heterocycles. The summed E-state index contributed by atoms with van der Waals surface area (Å²) in [4.78, 5) is 14.3. The van der Waals surface area contributed by atoms with Gasteiger partial charge in [0, 0.05) is 17.7 Å². The fourth-order valence-corrected chi connectivity index (χ4v) is 3.36. The van der Waals surface area contributed by atoms with E-state index in [1.54, 1.807) is 13.8 Å². The second-order valence-electron chi connectivity index (χ2n) is 4.42. The van der Waals surface area contributed by atoms with Crippen LogP contribution in [0.3, 0.4) is 0 Å². The van der Waals surface area contributed by atoms with Gasteiger partial charge >= 0.3 is 7.60 Å². The summed E-state index contributed by atoms with van der Waals surface area (Å²) in [5.74, 6) is 0.359. The van der Waals surface area contributed by atoms with E-state index in [9.17, 15) is 14.7 Å². The maximum absolute atomic E-state index is 12.4. The topological polar surface area (TPSA) is 118 Å². The summed E-state index contributed by atoms with van der Waals surface area (Å²) in [6.07, 6.45) is -0.130. The maximum atomic E-state index is 12.4. The molecule has 0 fully saturated rings. The van der Waals surface area contributed by atoms with Gasteiger partial charge in [-0.1, -0.05) is 5.16 Å². The van der Waals surface area contributed by atoms with Crippen LogP contribution < -0.4 is 0 Å². The van der Waals surface area contributed by atoms with Crippen LogP contribution in [0.25, 0.3) is 11.4 Å². The van der Waals surface area contributed by atoms with Crippen LogP contribution in [0.2, 0.25) is 0 Å². The normalized spacial score (nSPS) is 11.6. The summed E-state index contributed by atoms with van der Waals surface area (Å²) in [7, 11) is -3.33. The van der Waals surface area contributed by atoms with Gasteiger partial charge in [-0.25, -0.2) is 0 Å². The summed E-state index contributed by atoms with van der Waals surface area (Å²) in [6.45, 7) is 3.89. The van der Waals surface area contributed by atoms with E-state index < -0.39 is 12.5 Å². The van der Waals surface area contributed by atoms with Crippen molar-refractivity contribution in [2.24, 2.45) is 0 Å². The third-order valence-corrected chi connectivity index (χ3v) is 4.75. The Labute approximate surface area is 132 Å². The molecule has 1 aromatic carbocycles. The lowest BCUT2D eigenvalue weighted by Crippen LogP contribution is -1.99. The standard InChI is InChI=1S/C13H16N3O6P/c1-3-20-23(19,21-4-2)9-12-14-13(15-22-12)10-5-7-11(8-6-10)16(17)18/h5-8H,3-4,9H2,1-2H3. The SMILES string of the molecule is CCOP(=O)(Cc1nc(-c2ccc([N+](=O)[O-])cc2)no1)OCC. The molecule has 0 amide bonds. The van der Waals surface area contributed by atoms with Crippen LogP contribution in [0.4, 0.5) is 5.69 Å². The summed E-state index contributed by atoms with van der Waals surface area (Å²) in [5, 5.41) is 14.4. The minimum Gasteiger partial charge on any atom is -0.338 e. The van der Waals surface area contributed by atoms with Crippen LogP contribution in [-0.2, 0) is 19.8 Å². The molecule has 0 atom stereocenters. The Morgan fingerprint density at radius 1 is 1.22 bits per heavy atom. The lowest BCUT2D eigenvalue weighted by Gasteiger charge is -2.14. The monoisotopic (exact) mass is 341 g/mol. The smallest absolute Gasteiger partial charge is 0.338 e. The molecule has 0 saturated heterocycles. The molecule has 0 spiro atoms. The molecule has 0 aliphatic heterocycles. The quantitative estimate of drug-likeness (QED) is 0.407. The largest absolute Gasteiger partial charge is 0.340 e. The number of benzene rings is 1. The molecule has 1 aromatic heterocycles. The number of non-ortho nitro benzene ring substituents is 1. The van der Waals surface area contributed by atoms with Crippen LogP contribution in [0.15, 0.2) is 28.8 Å². The first-order valence-corrected chi connectivity index (χ1v) is 8.65. The maximum Gasteiger partial charge on any atom is 0.340 e. The van der Waals surface area contributed by atoms with Gasteiger partial charge in [-0.05, 0) is 26.0 Å². The molecule has 2 rings (SSSR count). The van der Waals surface area contributed by atoms with E-state index in [0.29, 0.717) is 5.56 Å². The van der Waals surface area contributed by atoms with Gasteiger partial charge in [0.2, 0.25) is 11.7 Å². The van der Waals surface area contributed by atoms with Crippen molar-refractivity contribution in [2.75, 3.05) is 13.2 Å². The van der Waals surface area contributed by atoms with Gasteiger partial charge in [0.15, 0.2) is 0 Å². The highest BCUT2D eigenvalue weighted by Gasteiger charge is 2.27. The molecule has 2 aromatic rings. The van der Waals surface area contributed by atoms with Gasteiger partial charge in [0.05, 0.1) is 18.1 Å². The number of hydrogen-bond acceptors (Lipinski definition) is 8. The molecule has 124 valence electrons. The molecule has 0 aliphatic rings. The zero-order valence-corrected chi connectivity index (χ0v) is 13.6. The summed E-state index contributed by atoms with van der Waals surface area (Å²) < 4.78 is 27.8. The molecule has 0 aliphatic carbocycles. The Kier molecular flexibility index (Phi) is 5.59. The number of hydrogen-bond donors (Lipinski definition) is 0. The fraction of sp³-hybridized carbons (Fsp3) is 0.385. The lowest BCUT2D eigenvalue weighted by atomic mass is 10.2. The van der Waals surface area contributed by atoms with Crippen molar-refractivity contribution in [3.05, 3.63) is 40.3 Å². The van der Waals surface area contributed by atoms with Gasteiger partial charge in [0.25, 0.3) is 5.69 Å². The minimum atomic E-state index is -3.33. The Bertz CT molecular complexity index is 705. The van der Waals surface area contributed by atoms with Gasteiger partial charge in [0.1, 0.15) is 6.16 Å². The van der Waals surface area contributed by atoms with Gasteiger partial charge in [-0.3, -0.25) is 14.7 Å². The number of rotatable bonds is 8. The lowest BCUT2D eigenvalue weighted by molar-refractivity contribution is -0.384. The molecule has 0 radical (unpaired) electrons. The first-order chi connectivity index (χ1) is 11.0. The van der Waals surface area contributed by atoms with Crippen LogP contribution in [0.1, 0.15) is 19.7 Å². The average Bonchev–Trinajstić information content (AvgIpc) is 2.95. The molecule has 23 heavy (non-hydrogen) atoms. The van der Waals surface area contributed by atoms with Gasteiger partial charge in [-0.2, -0.15) is 4.98 Å². The Morgan fingerprint density at radius 3 is 2.35 bits per heavy atom. The number of nitrogens with zero attached hydrogens (tertiary/aromatic N) is 3. The molecule has 0 saturated carbocycles. The highest BCUT2D eigenvalue weighted by molar-refractivity contribution is 7.52. The molecule has 10 heteroatoms. The Balaban J connectivity index is 2.16. The van der Waals surface area contributed by atoms with Crippen molar-refractivity contribution in [1.29, 1.82) is 0 Å². The van der Waals surface area contributed by atoms with E-state index >= 15 is 0 Å². The highest BCUT2D eigenvalue weighted by Crippen LogP contribution is 2.51. The first kappa shape index (κ1) is 17.3. The van der Waals surface area contributed by atoms with Crippen LogP contribution in [-0.4, -0.2) is 28.3 Å². The fourth-order valence-electron chi connectivity index (χ4n) is 1.86.